The molecule has 2 heterocycles. The average molecular weight is 366 g/mol. The molecular weight excluding hydrogens is 350 g/mol. The molecule has 0 aliphatic rings. The van der Waals surface area contributed by atoms with Crippen LogP contribution in [0.5, 0.6) is 6.01 Å². The number of imidazole rings is 1. The van der Waals surface area contributed by atoms with Crippen LogP contribution in [0.15, 0.2) is 61.1 Å². The van der Waals surface area contributed by atoms with Crippen molar-refractivity contribution in [2.45, 2.75) is 6.42 Å². The maximum Gasteiger partial charge on any atom is 0.318 e. The third-order valence-corrected chi connectivity index (χ3v) is 4.25. The van der Waals surface area contributed by atoms with Crippen LogP contribution in [-0.4, -0.2) is 26.1 Å². The Morgan fingerprint density at radius 1 is 1.04 bits per heavy atom. The molecular formula is C19H16ClN5O. The number of rotatable bonds is 5. The molecule has 0 bridgehead atoms. The largest absolute Gasteiger partial charge is 0.463 e. The molecule has 2 N–H and O–H groups in total. The van der Waals surface area contributed by atoms with Gasteiger partial charge in [-0.25, -0.2) is 9.97 Å². The first-order valence-electron chi connectivity index (χ1n) is 8.13. The Balaban J connectivity index is 1.53. The van der Waals surface area contributed by atoms with Crippen LogP contribution in [0.1, 0.15) is 5.56 Å². The Morgan fingerprint density at radius 2 is 1.85 bits per heavy atom. The predicted octanol–water partition coefficient (Wildman–Crippen LogP) is 3.67. The zero-order valence-electron chi connectivity index (χ0n) is 13.8. The van der Waals surface area contributed by atoms with Gasteiger partial charge in [-0.2, -0.15) is 4.98 Å². The predicted molar refractivity (Wildman–Crippen MR) is 102 cm³/mol. The summed E-state index contributed by atoms with van der Waals surface area (Å²) < 4.78 is 7.53. The van der Waals surface area contributed by atoms with Gasteiger partial charge in [-0.15, -0.1) is 0 Å². The van der Waals surface area contributed by atoms with Gasteiger partial charge < -0.3 is 10.5 Å². The lowest BCUT2D eigenvalue weighted by Crippen LogP contribution is -2.06. The van der Waals surface area contributed by atoms with Gasteiger partial charge in [0.15, 0.2) is 5.82 Å². The van der Waals surface area contributed by atoms with E-state index in [1.807, 2.05) is 53.1 Å². The van der Waals surface area contributed by atoms with Crippen LogP contribution in [0.2, 0.25) is 5.02 Å². The van der Waals surface area contributed by atoms with Crippen LogP contribution in [-0.2, 0) is 6.42 Å². The Bertz CT molecular complexity index is 1050. The first-order valence-corrected chi connectivity index (χ1v) is 8.51. The number of halogens is 1. The highest BCUT2D eigenvalue weighted by Gasteiger charge is 2.12. The molecule has 130 valence electrons. The molecule has 6 nitrogen and oxygen atoms in total. The average Bonchev–Trinajstić information content (AvgIpc) is 3.09. The summed E-state index contributed by atoms with van der Waals surface area (Å²) in [5, 5.41) is 0.430. The normalized spacial score (nSPS) is 11.0. The highest BCUT2D eigenvalue weighted by Crippen LogP contribution is 2.23. The van der Waals surface area contributed by atoms with Crippen LogP contribution >= 0.6 is 11.6 Å². The summed E-state index contributed by atoms with van der Waals surface area (Å²) in [5.41, 5.74) is 9.35. The van der Waals surface area contributed by atoms with Crippen molar-refractivity contribution in [3.05, 3.63) is 71.6 Å². The van der Waals surface area contributed by atoms with Gasteiger partial charge in [0, 0.05) is 12.1 Å². The fourth-order valence-corrected chi connectivity index (χ4v) is 2.84. The molecule has 26 heavy (non-hydrogen) atoms. The lowest BCUT2D eigenvalue weighted by molar-refractivity contribution is 0.296. The summed E-state index contributed by atoms with van der Waals surface area (Å²) in [5.74, 6) is 0.540. The first-order chi connectivity index (χ1) is 12.7. The SMILES string of the molecule is Nc1ccc(CCOc2ncc(Cl)c(-n3cnc4ccccc43)n2)cc1. The van der Waals surface area contributed by atoms with E-state index < -0.39 is 0 Å². The molecule has 0 fully saturated rings. The van der Waals surface area contributed by atoms with E-state index in [1.54, 1.807) is 6.33 Å². The molecule has 7 heteroatoms. The van der Waals surface area contributed by atoms with Crippen molar-refractivity contribution in [1.29, 1.82) is 0 Å². The molecule has 0 saturated carbocycles. The number of para-hydroxylation sites is 2. The third kappa shape index (κ3) is 3.32. The zero-order valence-corrected chi connectivity index (χ0v) is 14.6. The topological polar surface area (TPSA) is 78.9 Å². The Hall–Kier alpha value is -3.12. The minimum atomic E-state index is 0.276. The summed E-state index contributed by atoms with van der Waals surface area (Å²) >= 11 is 6.29. The van der Waals surface area contributed by atoms with Gasteiger partial charge in [0.25, 0.3) is 0 Å². The second kappa shape index (κ2) is 7.01. The molecule has 0 aliphatic carbocycles. The number of anilines is 1. The lowest BCUT2D eigenvalue weighted by Gasteiger charge is -2.09. The van der Waals surface area contributed by atoms with Gasteiger partial charge in [-0.3, -0.25) is 4.57 Å². The van der Waals surface area contributed by atoms with Crippen LogP contribution in [0.25, 0.3) is 16.9 Å². The van der Waals surface area contributed by atoms with Crippen LogP contribution < -0.4 is 10.5 Å². The molecule has 0 radical (unpaired) electrons. The highest BCUT2D eigenvalue weighted by molar-refractivity contribution is 6.32. The molecule has 0 aliphatic heterocycles. The Kier molecular flexibility index (Phi) is 4.41. The van der Waals surface area contributed by atoms with Crippen molar-refractivity contribution >= 4 is 28.3 Å². The Morgan fingerprint density at radius 3 is 2.69 bits per heavy atom. The number of nitrogens with zero attached hydrogens (tertiary/aromatic N) is 4. The second-order valence-corrected chi connectivity index (χ2v) is 6.17. The molecule has 0 saturated heterocycles. The molecule has 2 aromatic carbocycles. The van der Waals surface area contributed by atoms with Gasteiger partial charge in [-0.05, 0) is 29.8 Å². The number of fused-ring (bicyclic) bond motifs is 1. The number of ether oxygens (including phenoxy) is 1. The summed E-state index contributed by atoms with van der Waals surface area (Å²) in [6.45, 7) is 0.454. The van der Waals surface area contributed by atoms with E-state index in [0.29, 0.717) is 17.4 Å². The van der Waals surface area contributed by atoms with Gasteiger partial charge in [0.2, 0.25) is 0 Å². The van der Waals surface area contributed by atoms with Gasteiger partial charge in [-0.1, -0.05) is 35.9 Å². The van der Waals surface area contributed by atoms with Gasteiger partial charge >= 0.3 is 6.01 Å². The van der Waals surface area contributed by atoms with E-state index in [2.05, 4.69) is 15.0 Å². The van der Waals surface area contributed by atoms with Crippen molar-refractivity contribution in [3.63, 3.8) is 0 Å². The number of aromatic nitrogens is 4. The van der Waals surface area contributed by atoms with Gasteiger partial charge in [0.05, 0.1) is 23.8 Å². The fourth-order valence-electron chi connectivity index (χ4n) is 2.65. The lowest BCUT2D eigenvalue weighted by atomic mass is 10.1. The summed E-state index contributed by atoms with van der Waals surface area (Å²) in [6.07, 6.45) is 3.96. The van der Waals surface area contributed by atoms with E-state index in [4.69, 9.17) is 22.1 Å². The number of benzene rings is 2. The number of hydrogen-bond acceptors (Lipinski definition) is 5. The van der Waals surface area contributed by atoms with Crippen LogP contribution in [0.4, 0.5) is 5.69 Å². The van der Waals surface area contributed by atoms with Crippen molar-refractivity contribution in [1.82, 2.24) is 19.5 Å². The molecule has 0 atom stereocenters. The van der Waals surface area contributed by atoms with E-state index in [1.165, 1.54) is 6.20 Å². The van der Waals surface area contributed by atoms with Crippen molar-refractivity contribution in [2.24, 2.45) is 0 Å². The van der Waals surface area contributed by atoms with Crippen LogP contribution in [0.3, 0.4) is 0 Å². The molecule has 0 amide bonds. The van der Waals surface area contributed by atoms with E-state index in [9.17, 15) is 0 Å². The fraction of sp³-hybridized carbons (Fsp3) is 0.105. The molecule has 4 rings (SSSR count). The summed E-state index contributed by atoms with van der Waals surface area (Å²) in [6, 6.07) is 15.7. The summed E-state index contributed by atoms with van der Waals surface area (Å²) in [7, 11) is 0. The number of nitrogens with two attached hydrogens (primary N) is 1. The standard InChI is InChI=1S/C19H16ClN5O/c20-15-11-22-19(26-10-9-13-5-7-14(21)8-6-13)24-18(15)25-12-23-16-3-1-2-4-17(16)25/h1-8,11-12H,9-10,21H2. The molecule has 4 aromatic rings. The van der Waals surface area contributed by atoms with Crippen molar-refractivity contribution < 1.29 is 4.74 Å². The highest BCUT2D eigenvalue weighted by atomic mass is 35.5. The monoisotopic (exact) mass is 365 g/mol. The third-order valence-electron chi connectivity index (χ3n) is 3.99. The quantitative estimate of drug-likeness (QED) is 0.546. The van der Waals surface area contributed by atoms with Crippen molar-refractivity contribution in [3.8, 4) is 11.8 Å². The zero-order chi connectivity index (χ0) is 17.9. The molecule has 0 unspecified atom stereocenters. The maximum absolute atomic E-state index is 6.29. The van der Waals surface area contributed by atoms with Gasteiger partial charge in [0.1, 0.15) is 11.3 Å². The minimum absolute atomic E-state index is 0.276. The summed E-state index contributed by atoms with van der Waals surface area (Å²) in [4.78, 5) is 13.0. The van der Waals surface area contributed by atoms with Crippen LogP contribution in [0, 0.1) is 0 Å². The van der Waals surface area contributed by atoms with E-state index in [-0.39, 0.29) is 6.01 Å². The van der Waals surface area contributed by atoms with E-state index >= 15 is 0 Å². The maximum atomic E-state index is 6.29. The van der Waals surface area contributed by atoms with Crippen molar-refractivity contribution in [2.75, 3.05) is 12.3 Å². The molecule has 0 spiro atoms. The smallest absolute Gasteiger partial charge is 0.318 e. The first kappa shape index (κ1) is 16.4. The molecule has 2 aromatic heterocycles. The number of hydrogen-bond donors (Lipinski definition) is 1. The second-order valence-electron chi connectivity index (χ2n) is 5.77. The minimum Gasteiger partial charge on any atom is -0.463 e. The van der Waals surface area contributed by atoms with E-state index in [0.717, 1.165) is 28.7 Å². The number of nitrogen functional groups attached to an aromatic ring is 1. The Labute approximate surface area is 155 Å².